The van der Waals surface area contributed by atoms with E-state index in [1.165, 1.54) is 54.1 Å². The van der Waals surface area contributed by atoms with Crippen LogP contribution in [0.5, 0.6) is 0 Å². The third-order valence-corrected chi connectivity index (χ3v) is 12.4. The summed E-state index contributed by atoms with van der Waals surface area (Å²) in [5, 5.41) is 11.5. The van der Waals surface area contributed by atoms with Gasteiger partial charge in [0.1, 0.15) is 6.04 Å². The van der Waals surface area contributed by atoms with Crippen LogP contribution in [0.25, 0.3) is 0 Å². The number of hydrogen-bond acceptors (Lipinski definition) is 7. The summed E-state index contributed by atoms with van der Waals surface area (Å²) in [7, 11) is 0. The van der Waals surface area contributed by atoms with Crippen LogP contribution in [-0.4, -0.2) is 88.9 Å². The van der Waals surface area contributed by atoms with E-state index in [4.69, 9.17) is 14.2 Å². The molecule has 0 aromatic heterocycles. The predicted octanol–water partition coefficient (Wildman–Crippen LogP) is 10.9. The highest BCUT2D eigenvalue weighted by Gasteiger charge is 2.27. The SMILES string of the molecule is CCCOCCC(=O)NCCOCCOCCNC(=O)[C@@H](CCCCNC(=O)/C=C(C)/C=C/C=C(C)/C=C/C1=C(C)CCCC1(C)C)NC(=O)/C=C(C)/C=C/C=C(C)/C=C/C1=C(C)CCCC1(C)C. The molecule has 0 heterocycles. The first-order valence-corrected chi connectivity index (χ1v) is 25.5. The van der Waals surface area contributed by atoms with Crippen molar-refractivity contribution in [3.05, 3.63) is 117 Å². The fourth-order valence-corrected chi connectivity index (χ4v) is 8.45. The Morgan fingerprint density at radius 2 is 1.10 bits per heavy atom. The molecular weight excluding hydrogens is 865 g/mol. The molecule has 2 aliphatic rings. The Balaban J connectivity index is 1.91. The first-order valence-electron chi connectivity index (χ1n) is 25.5. The van der Waals surface area contributed by atoms with Gasteiger partial charge < -0.3 is 35.5 Å². The minimum Gasteiger partial charge on any atom is -0.381 e. The van der Waals surface area contributed by atoms with E-state index in [0.29, 0.717) is 71.8 Å². The van der Waals surface area contributed by atoms with Crippen molar-refractivity contribution in [1.29, 1.82) is 0 Å². The summed E-state index contributed by atoms with van der Waals surface area (Å²) in [6.07, 6.45) is 33.7. The average Bonchev–Trinajstić information content (AvgIpc) is 3.27. The van der Waals surface area contributed by atoms with E-state index in [2.05, 4.69) is 107 Å². The number of hydrogen-bond donors (Lipinski definition) is 4. The Morgan fingerprint density at radius 1 is 0.594 bits per heavy atom. The third-order valence-electron chi connectivity index (χ3n) is 12.4. The van der Waals surface area contributed by atoms with Crippen molar-refractivity contribution in [2.75, 3.05) is 59.3 Å². The zero-order valence-corrected chi connectivity index (χ0v) is 44.5. The third kappa shape index (κ3) is 26.6. The maximum absolute atomic E-state index is 13.4. The smallest absolute Gasteiger partial charge is 0.244 e. The number of nitrogens with one attached hydrogen (secondary N) is 4. The van der Waals surface area contributed by atoms with Crippen molar-refractivity contribution in [3.8, 4) is 0 Å². The minimum atomic E-state index is -0.777. The van der Waals surface area contributed by atoms with Crippen molar-refractivity contribution in [2.24, 2.45) is 10.8 Å². The number of rotatable bonds is 31. The number of allylic oxidation sites excluding steroid dienone is 18. The molecule has 2 rings (SSSR count). The molecule has 384 valence electrons. The normalized spacial score (nSPS) is 17.7. The first kappa shape index (κ1) is 60.3. The summed E-state index contributed by atoms with van der Waals surface area (Å²) in [6.45, 7) is 27.1. The standard InChI is InChI=1S/C58H90N4O7/c1-12-36-67-37-30-53(63)60-34-38-68-40-41-69-39-35-61-56(66)52(62-55(65)43-47(5)22-16-20-45(3)27-29-51-49(7)24-18-32-58(51,10)11)25-13-14-33-59-54(64)42-46(4)21-15-19-44(2)26-28-50-48(6)23-17-31-57(50,8)9/h15-16,19-22,26-29,42-43,52H,12-14,17-18,23-25,30-41H2,1-11H3,(H,59,64)(H,60,63)(H,61,66)(H,62,65)/b21-15+,22-16+,28-26+,29-27+,44-19+,45-20+,46-42+,47-43+/t52-/m1/s1. The molecule has 0 aromatic carbocycles. The molecule has 0 saturated carbocycles. The van der Waals surface area contributed by atoms with Crippen LogP contribution in [0.2, 0.25) is 0 Å². The molecule has 0 bridgehead atoms. The molecule has 11 heteroatoms. The molecule has 11 nitrogen and oxygen atoms in total. The Morgan fingerprint density at radius 3 is 1.62 bits per heavy atom. The average molecular weight is 955 g/mol. The van der Waals surface area contributed by atoms with Crippen LogP contribution in [0.3, 0.4) is 0 Å². The van der Waals surface area contributed by atoms with Crippen LogP contribution in [0.4, 0.5) is 0 Å². The molecule has 2 aliphatic carbocycles. The maximum Gasteiger partial charge on any atom is 0.244 e. The van der Waals surface area contributed by atoms with Crippen LogP contribution in [0, 0.1) is 10.8 Å². The summed E-state index contributed by atoms with van der Waals surface area (Å²) >= 11 is 0. The fraction of sp³-hybridized carbons (Fsp3) is 0.586. The number of unbranched alkanes of at least 4 members (excludes halogenated alkanes) is 1. The van der Waals surface area contributed by atoms with E-state index < -0.39 is 6.04 Å². The van der Waals surface area contributed by atoms with E-state index >= 15 is 0 Å². The van der Waals surface area contributed by atoms with Crippen molar-refractivity contribution in [1.82, 2.24) is 21.3 Å². The van der Waals surface area contributed by atoms with Gasteiger partial charge in [0.2, 0.25) is 23.6 Å². The lowest BCUT2D eigenvalue weighted by Gasteiger charge is -2.33. The molecule has 0 radical (unpaired) electrons. The number of carbonyl (C=O) groups is 4. The fourth-order valence-electron chi connectivity index (χ4n) is 8.45. The minimum absolute atomic E-state index is 0.0730. The van der Waals surface area contributed by atoms with Gasteiger partial charge in [-0.25, -0.2) is 0 Å². The first-order chi connectivity index (χ1) is 32.8. The van der Waals surface area contributed by atoms with E-state index in [-0.39, 0.29) is 47.6 Å². The molecule has 4 N–H and O–H groups in total. The van der Waals surface area contributed by atoms with Gasteiger partial charge in [0.15, 0.2) is 0 Å². The zero-order valence-electron chi connectivity index (χ0n) is 44.5. The molecule has 0 unspecified atom stereocenters. The highest BCUT2D eigenvalue weighted by molar-refractivity contribution is 5.93. The topological polar surface area (TPSA) is 144 Å². The van der Waals surface area contributed by atoms with Crippen LogP contribution in [0.15, 0.2) is 117 Å². The summed E-state index contributed by atoms with van der Waals surface area (Å²) in [6, 6.07) is -0.777. The van der Waals surface area contributed by atoms with Gasteiger partial charge in [-0.2, -0.15) is 0 Å². The second kappa shape index (κ2) is 33.7. The van der Waals surface area contributed by atoms with Crippen LogP contribution in [-0.2, 0) is 33.4 Å². The van der Waals surface area contributed by atoms with Crippen molar-refractivity contribution >= 4 is 23.6 Å². The second-order valence-corrected chi connectivity index (χ2v) is 19.9. The summed E-state index contributed by atoms with van der Waals surface area (Å²) < 4.78 is 16.5. The second-order valence-electron chi connectivity index (χ2n) is 19.9. The van der Waals surface area contributed by atoms with E-state index in [1.54, 1.807) is 6.08 Å². The Bertz CT molecular complexity index is 1970. The monoisotopic (exact) mass is 955 g/mol. The van der Waals surface area contributed by atoms with E-state index in [1.807, 2.05) is 51.2 Å². The Kier molecular flexibility index (Phi) is 29.4. The van der Waals surface area contributed by atoms with Gasteiger partial charge in [-0.05, 0) is 139 Å². The van der Waals surface area contributed by atoms with Gasteiger partial charge in [-0.15, -0.1) is 0 Å². The van der Waals surface area contributed by atoms with Gasteiger partial charge in [0.05, 0.1) is 33.0 Å². The summed E-state index contributed by atoms with van der Waals surface area (Å²) in [5.74, 6) is -0.927. The van der Waals surface area contributed by atoms with Crippen molar-refractivity contribution < 1.29 is 33.4 Å². The lowest BCUT2D eigenvalue weighted by Crippen LogP contribution is -2.47. The van der Waals surface area contributed by atoms with Crippen molar-refractivity contribution in [2.45, 2.75) is 153 Å². The molecular formula is C58H90N4O7. The molecule has 1 atom stereocenters. The number of amides is 4. The molecule has 0 spiro atoms. The van der Waals surface area contributed by atoms with E-state index in [0.717, 1.165) is 41.6 Å². The number of ether oxygens (including phenoxy) is 3. The van der Waals surface area contributed by atoms with Crippen LogP contribution in [0.1, 0.15) is 147 Å². The lowest BCUT2D eigenvalue weighted by molar-refractivity contribution is -0.127. The molecule has 0 aliphatic heterocycles. The predicted molar refractivity (Wildman–Crippen MR) is 284 cm³/mol. The van der Waals surface area contributed by atoms with E-state index in [9.17, 15) is 19.2 Å². The summed E-state index contributed by atoms with van der Waals surface area (Å²) in [5.41, 5.74) is 9.99. The van der Waals surface area contributed by atoms with Gasteiger partial charge >= 0.3 is 0 Å². The lowest BCUT2D eigenvalue weighted by atomic mass is 9.72. The molecule has 4 amide bonds. The zero-order chi connectivity index (χ0) is 51.1. The van der Waals surface area contributed by atoms with Crippen LogP contribution < -0.4 is 21.3 Å². The maximum atomic E-state index is 13.4. The van der Waals surface area contributed by atoms with Gasteiger partial charge in [-0.1, -0.05) is 118 Å². The highest BCUT2D eigenvalue weighted by atomic mass is 16.5. The largest absolute Gasteiger partial charge is 0.381 e. The highest BCUT2D eigenvalue weighted by Crippen LogP contribution is 2.41. The van der Waals surface area contributed by atoms with Gasteiger partial charge in [0.25, 0.3) is 0 Å². The van der Waals surface area contributed by atoms with Crippen molar-refractivity contribution in [3.63, 3.8) is 0 Å². The molecule has 69 heavy (non-hydrogen) atoms. The molecule has 0 fully saturated rings. The van der Waals surface area contributed by atoms with Gasteiger partial charge in [0, 0.05) is 44.8 Å². The molecule has 0 aromatic rings. The quantitative estimate of drug-likeness (QED) is 0.0308. The van der Waals surface area contributed by atoms with Crippen LogP contribution >= 0.6 is 0 Å². The summed E-state index contributed by atoms with van der Waals surface area (Å²) in [4.78, 5) is 51.2. The number of carbonyl (C=O) groups excluding carboxylic acids is 4. The van der Waals surface area contributed by atoms with Gasteiger partial charge in [-0.3, -0.25) is 19.2 Å². The molecule has 0 saturated heterocycles. The Labute approximate surface area is 417 Å². The Hall–Kier alpha value is -4.84.